The topological polar surface area (TPSA) is 46.5 Å². The first-order valence-electron chi connectivity index (χ1n) is 3.11. The fourth-order valence-electron chi connectivity index (χ4n) is 0.369. The molecule has 0 aliphatic rings. The first-order chi connectivity index (χ1) is 4.92. The van der Waals surface area contributed by atoms with Gasteiger partial charge >= 0.3 is 5.97 Å². The summed E-state index contributed by atoms with van der Waals surface area (Å²) in [5, 5.41) is 8.10. The van der Waals surface area contributed by atoms with E-state index in [0.717, 1.165) is 0 Å². The van der Waals surface area contributed by atoms with Gasteiger partial charge in [-0.05, 0) is 13.8 Å². The van der Waals surface area contributed by atoms with E-state index in [1.165, 1.54) is 6.92 Å². The van der Waals surface area contributed by atoms with E-state index in [-0.39, 0.29) is 0 Å². The standard InChI is InChI=1S/C6H10Br2O3/c1-3-11-5(10)6(2,8)4(7)9/h4,9H,3H2,1-2H3. The van der Waals surface area contributed by atoms with Crippen LogP contribution in [0.15, 0.2) is 0 Å². The zero-order valence-corrected chi connectivity index (χ0v) is 9.48. The van der Waals surface area contributed by atoms with Gasteiger partial charge in [0.05, 0.1) is 6.61 Å². The minimum Gasteiger partial charge on any atom is -0.465 e. The lowest BCUT2D eigenvalue weighted by molar-refractivity contribution is -0.146. The monoisotopic (exact) mass is 288 g/mol. The molecule has 0 fully saturated rings. The SMILES string of the molecule is CCOC(=O)C(C)(Br)C(O)Br. The van der Waals surface area contributed by atoms with Crippen LogP contribution in [-0.2, 0) is 9.53 Å². The third kappa shape index (κ3) is 3.09. The average molecular weight is 290 g/mol. The highest BCUT2D eigenvalue weighted by molar-refractivity contribution is 9.12. The van der Waals surface area contributed by atoms with E-state index >= 15 is 0 Å². The van der Waals surface area contributed by atoms with Gasteiger partial charge in [0.25, 0.3) is 0 Å². The molecule has 0 aromatic carbocycles. The second-order valence-electron chi connectivity index (χ2n) is 2.13. The molecule has 5 heteroatoms. The Kier molecular flexibility index (Phi) is 4.58. The van der Waals surface area contributed by atoms with Crippen molar-refractivity contribution in [3.63, 3.8) is 0 Å². The van der Waals surface area contributed by atoms with Crippen molar-refractivity contribution in [3.05, 3.63) is 0 Å². The maximum Gasteiger partial charge on any atom is 0.326 e. The predicted octanol–water partition coefficient (Wildman–Crippen LogP) is 1.42. The number of hydrogen-bond donors (Lipinski definition) is 1. The van der Waals surface area contributed by atoms with Gasteiger partial charge in [-0.15, -0.1) is 0 Å². The number of carbonyl (C=O) groups excluding carboxylic acids is 1. The molecule has 0 aromatic heterocycles. The van der Waals surface area contributed by atoms with E-state index in [1.807, 2.05) is 0 Å². The second kappa shape index (κ2) is 4.42. The molecule has 0 amide bonds. The van der Waals surface area contributed by atoms with Crippen molar-refractivity contribution in [1.82, 2.24) is 0 Å². The van der Waals surface area contributed by atoms with Gasteiger partial charge in [0.2, 0.25) is 0 Å². The molecule has 0 heterocycles. The smallest absolute Gasteiger partial charge is 0.326 e. The Morgan fingerprint density at radius 1 is 1.82 bits per heavy atom. The van der Waals surface area contributed by atoms with Crippen molar-refractivity contribution in [2.24, 2.45) is 0 Å². The van der Waals surface area contributed by atoms with Crippen LogP contribution < -0.4 is 0 Å². The highest BCUT2D eigenvalue weighted by Gasteiger charge is 2.37. The molecule has 0 saturated heterocycles. The van der Waals surface area contributed by atoms with Crippen molar-refractivity contribution in [2.45, 2.75) is 23.2 Å². The Bertz CT molecular complexity index is 145. The van der Waals surface area contributed by atoms with Gasteiger partial charge in [0.1, 0.15) is 5.01 Å². The first-order valence-corrected chi connectivity index (χ1v) is 4.82. The van der Waals surface area contributed by atoms with E-state index < -0.39 is 15.3 Å². The molecule has 0 rings (SSSR count). The Labute approximate surface area is 82.4 Å². The molecule has 0 saturated carbocycles. The third-order valence-electron chi connectivity index (χ3n) is 1.12. The number of alkyl halides is 2. The summed E-state index contributed by atoms with van der Waals surface area (Å²) in [4.78, 5) is 11.0. The number of esters is 1. The highest BCUT2D eigenvalue weighted by Crippen LogP contribution is 2.27. The fraction of sp³-hybridized carbons (Fsp3) is 0.833. The van der Waals surface area contributed by atoms with Crippen LogP contribution in [0.25, 0.3) is 0 Å². The minimum atomic E-state index is -1.07. The lowest BCUT2D eigenvalue weighted by atomic mass is 10.2. The maximum absolute atomic E-state index is 11.0. The number of rotatable bonds is 3. The van der Waals surface area contributed by atoms with Gasteiger partial charge in [0, 0.05) is 0 Å². The van der Waals surface area contributed by atoms with Crippen molar-refractivity contribution in [3.8, 4) is 0 Å². The summed E-state index contributed by atoms with van der Waals surface area (Å²) < 4.78 is 3.63. The summed E-state index contributed by atoms with van der Waals surface area (Å²) >= 11 is 5.92. The highest BCUT2D eigenvalue weighted by atomic mass is 79.9. The average Bonchev–Trinajstić information content (AvgIpc) is 1.88. The molecule has 0 bridgehead atoms. The molecule has 0 radical (unpaired) electrons. The molecule has 0 aromatic rings. The van der Waals surface area contributed by atoms with Crippen LogP contribution in [0.5, 0.6) is 0 Å². The summed E-state index contributed by atoms with van der Waals surface area (Å²) in [7, 11) is 0. The van der Waals surface area contributed by atoms with Gasteiger partial charge in [-0.2, -0.15) is 0 Å². The molecule has 0 aliphatic carbocycles. The number of carbonyl (C=O) groups is 1. The van der Waals surface area contributed by atoms with Crippen molar-refractivity contribution in [1.29, 1.82) is 0 Å². The predicted molar refractivity (Wildman–Crippen MR) is 48.9 cm³/mol. The van der Waals surface area contributed by atoms with E-state index in [9.17, 15) is 4.79 Å². The molecule has 0 aliphatic heterocycles. The van der Waals surface area contributed by atoms with Gasteiger partial charge in [-0.25, -0.2) is 0 Å². The quantitative estimate of drug-likeness (QED) is 0.631. The molecule has 2 atom stereocenters. The van der Waals surface area contributed by atoms with Crippen LogP contribution in [0.4, 0.5) is 0 Å². The van der Waals surface area contributed by atoms with E-state index in [2.05, 4.69) is 31.9 Å². The van der Waals surface area contributed by atoms with Crippen molar-refractivity contribution < 1.29 is 14.6 Å². The molecule has 2 unspecified atom stereocenters. The summed E-state index contributed by atoms with van der Waals surface area (Å²) in [6, 6.07) is 0. The van der Waals surface area contributed by atoms with Crippen LogP contribution in [0, 0.1) is 0 Å². The van der Waals surface area contributed by atoms with E-state index in [0.29, 0.717) is 6.61 Å². The van der Waals surface area contributed by atoms with Gasteiger partial charge in [-0.3, -0.25) is 4.79 Å². The minimum absolute atomic E-state index is 0.305. The zero-order chi connectivity index (χ0) is 9.07. The number of halogens is 2. The third-order valence-corrected chi connectivity index (χ3v) is 3.41. The van der Waals surface area contributed by atoms with Gasteiger partial charge < -0.3 is 9.84 Å². The number of ether oxygens (including phenoxy) is 1. The lowest BCUT2D eigenvalue weighted by Crippen LogP contribution is -2.39. The van der Waals surface area contributed by atoms with E-state index in [4.69, 9.17) is 9.84 Å². The molecular weight excluding hydrogens is 280 g/mol. The molecule has 11 heavy (non-hydrogen) atoms. The first kappa shape index (κ1) is 11.4. The van der Waals surface area contributed by atoms with Gasteiger partial charge in [-0.1, -0.05) is 31.9 Å². The van der Waals surface area contributed by atoms with Gasteiger partial charge in [0.15, 0.2) is 4.32 Å². The van der Waals surface area contributed by atoms with Crippen LogP contribution in [0.1, 0.15) is 13.8 Å². The zero-order valence-electron chi connectivity index (χ0n) is 6.30. The molecule has 0 spiro atoms. The van der Waals surface area contributed by atoms with Crippen molar-refractivity contribution >= 4 is 37.8 Å². The molecule has 1 N–H and O–H groups in total. The Morgan fingerprint density at radius 3 is 2.55 bits per heavy atom. The maximum atomic E-state index is 11.0. The largest absolute Gasteiger partial charge is 0.465 e. The molecule has 66 valence electrons. The summed E-state index contributed by atoms with van der Waals surface area (Å²) in [6.45, 7) is 3.55. The number of aliphatic hydroxyl groups excluding tert-OH is 1. The Hall–Kier alpha value is 0.390. The van der Waals surface area contributed by atoms with Crippen LogP contribution >= 0.6 is 31.9 Å². The Balaban J connectivity index is 4.18. The number of hydrogen-bond acceptors (Lipinski definition) is 3. The molecule has 3 nitrogen and oxygen atoms in total. The molecular formula is C6H10Br2O3. The van der Waals surface area contributed by atoms with E-state index in [1.54, 1.807) is 6.92 Å². The second-order valence-corrected chi connectivity index (χ2v) is 4.65. The number of aliphatic hydroxyl groups is 1. The lowest BCUT2D eigenvalue weighted by Gasteiger charge is -2.21. The Morgan fingerprint density at radius 2 is 2.27 bits per heavy atom. The van der Waals surface area contributed by atoms with Crippen LogP contribution in [0.2, 0.25) is 0 Å². The normalized spacial score (nSPS) is 18.6. The summed E-state index contributed by atoms with van der Waals surface area (Å²) in [6.07, 6.45) is 0. The van der Waals surface area contributed by atoms with Crippen LogP contribution in [-0.4, -0.2) is 27.0 Å². The summed E-state index contributed by atoms with van der Waals surface area (Å²) in [5.74, 6) is -0.482. The van der Waals surface area contributed by atoms with Crippen LogP contribution in [0.3, 0.4) is 0 Å². The fourth-order valence-corrected chi connectivity index (χ4v) is 0.671. The van der Waals surface area contributed by atoms with Crippen molar-refractivity contribution in [2.75, 3.05) is 6.61 Å². The summed E-state index contributed by atoms with van der Waals surface area (Å²) in [5.41, 5.74) is 0.